The largest absolute Gasteiger partial charge is 0.367 e. The van der Waals surface area contributed by atoms with E-state index < -0.39 is 6.10 Å². The summed E-state index contributed by atoms with van der Waals surface area (Å²) in [4.78, 5) is 27.6. The Balaban J connectivity index is 0.00000225. The lowest BCUT2D eigenvalue weighted by molar-refractivity contribution is -0.150. The Morgan fingerprint density at radius 3 is 2.79 bits per heavy atom. The van der Waals surface area contributed by atoms with Crippen molar-refractivity contribution in [1.29, 1.82) is 0 Å². The summed E-state index contributed by atoms with van der Waals surface area (Å²) in [6.45, 7) is 2.41. The number of amides is 2. The molecule has 28 heavy (non-hydrogen) atoms. The van der Waals surface area contributed by atoms with Crippen LogP contribution in [0.15, 0.2) is 30.3 Å². The zero-order chi connectivity index (χ0) is 18.8. The minimum atomic E-state index is -0.625. The first-order valence-corrected chi connectivity index (χ1v) is 10.1. The second-order valence-corrected chi connectivity index (χ2v) is 8.01. The summed E-state index contributed by atoms with van der Waals surface area (Å²) in [5.74, 6) is 1.07. The summed E-state index contributed by atoms with van der Waals surface area (Å²) in [7, 11) is 1.55. The van der Waals surface area contributed by atoms with Gasteiger partial charge in [-0.05, 0) is 43.2 Å². The lowest BCUT2D eigenvalue weighted by atomic mass is 9.72. The zero-order valence-corrected chi connectivity index (χ0v) is 17.1. The summed E-state index contributed by atoms with van der Waals surface area (Å²) in [6.07, 6.45) is 3.23. The highest BCUT2D eigenvalue weighted by atomic mass is 35.5. The molecule has 154 valence electrons. The van der Waals surface area contributed by atoms with Gasteiger partial charge in [0, 0.05) is 32.7 Å². The molecule has 2 N–H and O–H groups in total. The van der Waals surface area contributed by atoms with E-state index in [9.17, 15) is 9.59 Å². The lowest BCUT2D eigenvalue weighted by Crippen LogP contribution is -2.66. The van der Waals surface area contributed by atoms with Gasteiger partial charge in [0.15, 0.2) is 6.10 Å². The topological polar surface area (TPSA) is 70.7 Å². The molecule has 6 nitrogen and oxygen atoms in total. The number of piperidine rings is 3. The van der Waals surface area contributed by atoms with Crippen LogP contribution in [-0.2, 0) is 14.3 Å². The van der Waals surface area contributed by atoms with Crippen LogP contribution in [0, 0.1) is 11.8 Å². The maximum atomic E-state index is 12.8. The van der Waals surface area contributed by atoms with Crippen molar-refractivity contribution >= 4 is 24.2 Å². The fourth-order valence-corrected chi connectivity index (χ4v) is 5.22. The first kappa shape index (κ1) is 21.1. The van der Waals surface area contributed by atoms with Crippen molar-refractivity contribution in [3.63, 3.8) is 0 Å². The van der Waals surface area contributed by atoms with Crippen molar-refractivity contribution in [2.75, 3.05) is 26.7 Å². The minimum absolute atomic E-state index is 0. The molecule has 0 aliphatic carbocycles. The predicted octanol–water partition coefficient (Wildman–Crippen LogP) is 1.90. The van der Waals surface area contributed by atoms with Gasteiger partial charge in [0.05, 0.1) is 6.04 Å². The van der Waals surface area contributed by atoms with Crippen LogP contribution in [0.3, 0.4) is 0 Å². The van der Waals surface area contributed by atoms with Crippen molar-refractivity contribution < 1.29 is 14.3 Å². The number of benzene rings is 1. The molecule has 2 bridgehead atoms. The van der Waals surface area contributed by atoms with Crippen molar-refractivity contribution in [2.45, 2.75) is 43.9 Å². The van der Waals surface area contributed by atoms with Gasteiger partial charge < -0.3 is 20.3 Å². The van der Waals surface area contributed by atoms with E-state index in [1.165, 1.54) is 0 Å². The molecule has 7 heteroatoms. The molecule has 3 heterocycles. The number of hydrogen-bond acceptors (Lipinski definition) is 4. The van der Waals surface area contributed by atoms with Gasteiger partial charge in [-0.15, -0.1) is 12.4 Å². The van der Waals surface area contributed by atoms with Crippen LogP contribution in [0.4, 0.5) is 0 Å². The summed E-state index contributed by atoms with van der Waals surface area (Å²) in [5, 5.41) is 6.61. The number of ether oxygens (including phenoxy) is 1. The second-order valence-electron chi connectivity index (χ2n) is 8.01. The average Bonchev–Trinajstić information content (AvgIpc) is 2.70. The fourth-order valence-electron chi connectivity index (χ4n) is 5.22. The number of carbonyl (C=O) groups excluding carboxylic acids is 2. The molecule has 0 unspecified atom stereocenters. The van der Waals surface area contributed by atoms with E-state index >= 15 is 0 Å². The van der Waals surface area contributed by atoms with E-state index in [0.29, 0.717) is 30.8 Å². The fraction of sp³-hybridized carbons (Fsp3) is 0.619. The van der Waals surface area contributed by atoms with Crippen molar-refractivity contribution in [1.82, 2.24) is 15.5 Å². The van der Waals surface area contributed by atoms with E-state index in [1.54, 1.807) is 7.11 Å². The summed E-state index contributed by atoms with van der Waals surface area (Å²) >= 11 is 0. The van der Waals surface area contributed by atoms with Crippen LogP contribution in [0.25, 0.3) is 0 Å². The van der Waals surface area contributed by atoms with Crippen LogP contribution >= 0.6 is 12.4 Å². The number of rotatable bonds is 5. The number of nitrogens with zero attached hydrogens (tertiary/aromatic N) is 1. The van der Waals surface area contributed by atoms with Crippen molar-refractivity contribution in [3.8, 4) is 0 Å². The molecule has 3 saturated heterocycles. The van der Waals surface area contributed by atoms with Gasteiger partial charge in [0.1, 0.15) is 0 Å². The number of carbonyl (C=O) groups is 2. The third-order valence-electron chi connectivity index (χ3n) is 6.46. The molecule has 4 rings (SSSR count). The molecule has 2 amide bonds. The molecule has 1 aromatic carbocycles. The second kappa shape index (κ2) is 9.25. The third-order valence-corrected chi connectivity index (χ3v) is 6.46. The van der Waals surface area contributed by atoms with E-state index in [2.05, 4.69) is 15.5 Å². The normalized spacial score (nSPS) is 30.0. The van der Waals surface area contributed by atoms with Crippen LogP contribution < -0.4 is 10.6 Å². The van der Waals surface area contributed by atoms with Crippen LogP contribution in [-0.4, -0.2) is 55.5 Å². The smallest absolute Gasteiger partial charge is 0.253 e. The zero-order valence-electron chi connectivity index (χ0n) is 16.3. The Kier molecular flexibility index (Phi) is 6.96. The monoisotopic (exact) mass is 407 g/mol. The first-order chi connectivity index (χ1) is 13.2. The van der Waals surface area contributed by atoms with Crippen LogP contribution in [0.1, 0.15) is 37.4 Å². The summed E-state index contributed by atoms with van der Waals surface area (Å²) < 4.78 is 5.44. The van der Waals surface area contributed by atoms with Gasteiger partial charge >= 0.3 is 0 Å². The Morgan fingerprint density at radius 1 is 1.29 bits per heavy atom. The molecule has 0 radical (unpaired) electrons. The first-order valence-electron chi connectivity index (χ1n) is 10.1. The van der Waals surface area contributed by atoms with E-state index in [-0.39, 0.29) is 30.3 Å². The van der Waals surface area contributed by atoms with E-state index in [0.717, 1.165) is 37.9 Å². The SMILES string of the molecule is CO[C@@H](C(=O)NC[C@H]1[C@@H]2CNC[C@@H](C2)[C@@H]2CCCC(=O)N21)c1ccccc1.Cl. The van der Waals surface area contributed by atoms with Gasteiger partial charge in [-0.1, -0.05) is 30.3 Å². The summed E-state index contributed by atoms with van der Waals surface area (Å²) in [6, 6.07) is 9.92. The maximum absolute atomic E-state index is 12.8. The van der Waals surface area contributed by atoms with E-state index in [1.807, 2.05) is 30.3 Å². The number of methoxy groups -OCH3 is 1. The third kappa shape index (κ3) is 4.04. The Bertz CT molecular complexity index is 687. The van der Waals surface area contributed by atoms with E-state index in [4.69, 9.17) is 4.74 Å². The van der Waals surface area contributed by atoms with Gasteiger partial charge in [-0.3, -0.25) is 9.59 Å². The van der Waals surface area contributed by atoms with Crippen molar-refractivity contribution in [3.05, 3.63) is 35.9 Å². The van der Waals surface area contributed by atoms with Gasteiger partial charge in [-0.2, -0.15) is 0 Å². The highest BCUT2D eigenvalue weighted by Crippen LogP contribution is 2.39. The molecular weight excluding hydrogens is 378 g/mol. The number of halogens is 1. The molecule has 3 aliphatic heterocycles. The highest BCUT2D eigenvalue weighted by Gasteiger charge is 2.47. The Hall–Kier alpha value is -1.63. The molecule has 5 atom stereocenters. The van der Waals surface area contributed by atoms with Gasteiger partial charge in [-0.25, -0.2) is 0 Å². The molecule has 0 aromatic heterocycles. The predicted molar refractivity (Wildman–Crippen MR) is 109 cm³/mol. The molecule has 1 aromatic rings. The maximum Gasteiger partial charge on any atom is 0.253 e. The minimum Gasteiger partial charge on any atom is -0.367 e. The molecule has 3 fully saturated rings. The lowest BCUT2D eigenvalue weighted by Gasteiger charge is -2.54. The average molecular weight is 408 g/mol. The Morgan fingerprint density at radius 2 is 2.04 bits per heavy atom. The standard InChI is InChI=1S/C21H29N3O3.ClH/c1-27-20(14-6-3-2-4-7-14)21(26)23-13-18-16-10-15(11-22-12-16)17-8-5-9-19(25)24(17)18;/h2-4,6-7,15-18,20,22H,5,8-13H2,1H3,(H,23,26);1H/t15-,16+,17+,18+,20-;/m1./s1. The molecule has 3 aliphatic rings. The molecule has 0 saturated carbocycles. The molecular formula is C21H30ClN3O3. The summed E-state index contributed by atoms with van der Waals surface area (Å²) in [5.41, 5.74) is 0.840. The Labute approximate surface area is 172 Å². The van der Waals surface area contributed by atoms with Crippen molar-refractivity contribution in [2.24, 2.45) is 11.8 Å². The van der Waals surface area contributed by atoms with Gasteiger partial charge in [0.2, 0.25) is 5.91 Å². The quantitative estimate of drug-likeness (QED) is 0.782. The van der Waals surface area contributed by atoms with Crippen LogP contribution in [0.5, 0.6) is 0 Å². The highest BCUT2D eigenvalue weighted by molar-refractivity contribution is 5.85. The van der Waals surface area contributed by atoms with Gasteiger partial charge in [0.25, 0.3) is 5.91 Å². The molecule has 0 spiro atoms. The number of fused-ring (bicyclic) bond motifs is 4. The number of nitrogens with one attached hydrogen (secondary N) is 2. The number of hydrogen-bond donors (Lipinski definition) is 2. The van der Waals surface area contributed by atoms with Crippen LogP contribution in [0.2, 0.25) is 0 Å².